The van der Waals surface area contributed by atoms with E-state index in [1.54, 1.807) is 0 Å². The third-order valence-electron chi connectivity index (χ3n) is 6.53. The first-order valence-corrected chi connectivity index (χ1v) is 11.3. The number of amides is 1. The van der Waals surface area contributed by atoms with Gasteiger partial charge in [0.05, 0.1) is 5.57 Å². The summed E-state index contributed by atoms with van der Waals surface area (Å²) in [5.41, 5.74) is 5.04. The van der Waals surface area contributed by atoms with E-state index in [4.69, 9.17) is 0 Å². The van der Waals surface area contributed by atoms with Gasteiger partial charge < -0.3 is 10.2 Å². The van der Waals surface area contributed by atoms with Crippen molar-refractivity contribution in [2.75, 3.05) is 19.6 Å². The maximum atomic E-state index is 13.5. The van der Waals surface area contributed by atoms with Gasteiger partial charge in [0.2, 0.25) is 0 Å². The van der Waals surface area contributed by atoms with Gasteiger partial charge in [0.1, 0.15) is 5.82 Å². The first-order valence-electron chi connectivity index (χ1n) is 11.3. The van der Waals surface area contributed by atoms with E-state index >= 15 is 0 Å². The van der Waals surface area contributed by atoms with Crippen LogP contribution in [-0.4, -0.2) is 36.5 Å². The van der Waals surface area contributed by atoms with Crippen LogP contribution in [0.15, 0.2) is 84.5 Å². The van der Waals surface area contributed by atoms with Crippen molar-refractivity contribution in [3.8, 4) is 0 Å². The number of halogens is 1. The molecule has 0 saturated carbocycles. The minimum absolute atomic E-state index is 0.00600. The van der Waals surface area contributed by atoms with Crippen molar-refractivity contribution in [3.63, 3.8) is 0 Å². The van der Waals surface area contributed by atoms with Gasteiger partial charge in [-0.05, 0) is 47.2 Å². The normalized spacial score (nSPS) is 21.9. The summed E-state index contributed by atoms with van der Waals surface area (Å²) >= 11 is 0. The molecule has 1 heterocycles. The molecule has 162 valence electrons. The second-order valence-corrected chi connectivity index (χ2v) is 8.68. The smallest absolute Gasteiger partial charge is 0.252 e. The van der Waals surface area contributed by atoms with E-state index in [0.29, 0.717) is 0 Å². The number of hydrogen-bond acceptors (Lipinski definition) is 2. The van der Waals surface area contributed by atoms with Crippen molar-refractivity contribution in [2.24, 2.45) is 5.92 Å². The Labute approximate surface area is 188 Å². The zero-order valence-electron chi connectivity index (χ0n) is 18.0. The molecular formula is C28H27FN2O. The van der Waals surface area contributed by atoms with Crippen molar-refractivity contribution in [3.05, 3.63) is 107 Å². The van der Waals surface area contributed by atoms with E-state index in [2.05, 4.69) is 40.6 Å². The number of likely N-dealkylation sites (tertiary alicyclic amines) is 1. The van der Waals surface area contributed by atoms with Crippen molar-refractivity contribution in [1.29, 1.82) is 0 Å². The minimum Gasteiger partial charge on any atom is -0.348 e. The first-order chi connectivity index (χ1) is 15.7. The quantitative estimate of drug-likeness (QED) is 0.746. The fraction of sp³-hybridized carbons (Fsp3) is 0.250. The van der Waals surface area contributed by atoms with E-state index in [1.807, 2.05) is 42.5 Å². The van der Waals surface area contributed by atoms with Crippen LogP contribution in [0.1, 0.15) is 23.1 Å². The monoisotopic (exact) mass is 426 g/mol. The predicted octanol–water partition coefficient (Wildman–Crippen LogP) is 4.78. The fourth-order valence-corrected chi connectivity index (χ4v) is 4.81. The Morgan fingerprint density at radius 2 is 1.88 bits per heavy atom. The summed E-state index contributed by atoms with van der Waals surface area (Å²) in [5.74, 6) is -0.0793. The average Bonchev–Trinajstić information content (AvgIpc) is 3.18. The van der Waals surface area contributed by atoms with Gasteiger partial charge in [0.15, 0.2) is 0 Å². The van der Waals surface area contributed by atoms with Crippen LogP contribution in [-0.2, 0) is 11.2 Å². The Morgan fingerprint density at radius 3 is 2.75 bits per heavy atom. The number of rotatable bonds is 5. The van der Waals surface area contributed by atoms with Crippen LogP contribution < -0.4 is 5.32 Å². The number of nitrogens with one attached hydrogen (secondary N) is 1. The molecular weight excluding hydrogens is 399 g/mol. The van der Waals surface area contributed by atoms with Gasteiger partial charge in [-0.2, -0.15) is 0 Å². The molecule has 2 atom stereocenters. The number of carbonyl (C=O) groups is 1. The van der Waals surface area contributed by atoms with Crippen molar-refractivity contribution in [2.45, 2.75) is 18.9 Å². The summed E-state index contributed by atoms with van der Waals surface area (Å²) < 4.78 is 13.1. The fourth-order valence-electron chi connectivity index (χ4n) is 4.81. The summed E-state index contributed by atoms with van der Waals surface area (Å²) in [6.45, 7) is 2.71. The zero-order valence-corrected chi connectivity index (χ0v) is 18.0. The highest BCUT2D eigenvalue weighted by molar-refractivity contribution is 6.22. The first kappa shape index (κ1) is 20.7. The molecule has 0 aromatic heterocycles. The van der Waals surface area contributed by atoms with E-state index in [9.17, 15) is 9.18 Å². The summed E-state index contributed by atoms with van der Waals surface area (Å²) in [6.07, 6.45) is 14.4. The lowest BCUT2D eigenvalue weighted by molar-refractivity contribution is -0.116. The topological polar surface area (TPSA) is 32.3 Å². The number of carbonyl (C=O) groups excluding carboxylic acids is 1. The van der Waals surface area contributed by atoms with Crippen molar-refractivity contribution < 1.29 is 9.18 Å². The van der Waals surface area contributed by atoms with E-state index < -0.39 is 0 Å². The molecule has 1 aliphatic heterocycles. The Bertz CT molecular complexity index is 1130. The van der Waals surface area contributed by atoms with Gasteiger partial charge in [0, 0.05) is 31.6 Å². The summed E-state index contributed by atoms with van der Waals surface area (Å²) in [6, 6.07) is 15.0. The molecule has 2 aromatic carbocycles. The van der Waals surface area contributed by atoms with Crippen LogP contribution in [0.25, 0.3) is 11.6 Å². The van der Waals surface area contributed by atoms with Crippen LogP contribution in [0, 0.1) is 11.7 Å². The standard InChI is InChI=1S/C28H27FN2O/c29-23-13-9-20(10-14-23)15-17-31-18-16-24(19-31)30-28(32)27-25-7-3-1-5-21(25)11-12-22-6-2-4-8-26(22)27/h1-14,21,24H,15-19H2,(H,30,32)/t21?,24-/m0/s1. The van der Waals surface area contributed by atoms with Crippen LogP contribution >= 0.6 is 0 Å². The average molecular weight is 427 g/mol. The molecule has 3 nitrogen and oxygen atoms in total. The maximum Gasteiger partial charge on any atom is 0.252 e. The second-order valence-electron chi connectivity index (χ2n) is 8.68. The Hall–Kier alpha value is -3.24. The third-order valence-corrected chi connectivity index (χ3v) is 6.53. The molecule has 1 amide bonds. The summed E-state index contributed by atoms with van der Waals surface area (Å²) in [5, 5.41) is 3.31. The lowest BCUT2D eigenvalue weighted by Crippen LogP contribution is -2.38. The highest BCUT2D eigenvalue weighted by Crippen LogP contribution is 2.35. The number of allylic oxidation sites excluding steroid dienone is 6. The van der Waals surface area contributed by atoms with E-state index in [1.165, 1.54) is 12.1 Å². The molecule has 1 unspecified atom stereocenters. The molecule has 32 heavy (non-hydrogen) atoms. The SMILES string of the molecule is O=C(N[C@H]1CCN(CCc2ccc(F)cc2)C1)C1=C2C=CC=CC2C=Cc2ccccc21. The molecule has 0 radical (unpaired) electrons. The van der Waals surface area contributed by atoms with Crippen molar-refractivity contribution in [1.82, 2.24) is 10.2 Å². The van der Waals surface area contributed by atoms with Crippen molar-refractivity contribution >= 4 is 17.6 Å². The number of nitrogens with zero attached hydrogens (tertiary/aromatic N) is 1. The van der Waals surface area contributed by atoms with Gasteiger partial charge >= 0.3 is 0 Å². The highest BCUT2D eigenvalue weighted by Gasteiger charge is 2.29. The Balaban J connectivity index is 1.28. The summed E-state index contributed by atoms with van der Waals surface area (Å²) in [4.78, 5) is 15.9. The second kappa shape index (κ2) is 9.09. The lowest BCUT2D eigenvalue weighted by Gasteiger charge is -2.21. The van der Waals surface area contributed by atoms with E-state index in [-0.39, 0.29) is 23.7 Å². The maximum absolute atomic E-state index is 13.5. The van der Waals surface area contributed by atoms with Gasteiger partial charge in [-0.1, -0.05) is 72.9 Å². The lowest BCUT2D eigenvalue weighted by atomic mass is 9.88. The Kier molecular flexibility index (Phi) is 5.87. The zero-order chi connectivity index (χ0) is 21.9. The largest absolute Gasteiger partial charge is 0.348 e. The minimum atomic E-state index is -0.200. The molecule has 1 fully saturated rings. The molecule has 1 saturated heterocycles. The van der Waals surface area contributed by atoms with Crippen LogP contribution in [0.4, 0.5) is 4.39 Å². The molecule has 5 rings (SSSR count). The highest BCUT2D eigenvalue weighted by atomic mass is 19.1. The third kappa shape index (κ3) is 4.37. The molecule has 2 aromatic rings. The molecule has 0 bridgehead atoms. The molecule has 1 N–H and O–H groups in total. The Morgan fingerprint density at radius 1 is 1.03 bits per heavy atom. The number of fused-ring (bicyclic) bond motifs is 2. The molecule has 4 heteroatoms. The number of benzene rings is 2. The molecule has 2 aliphatic carbocycles. The van der Waals surface area contributed by atoms with E-state index in [0.717, 1.165) is 60.3 Å². The molecule has 0 spiro atoms. The number of hydrogen-bond donors (Lipinski definition) is 1. The van der Waals surface area contributed by atoms with Gasteiger partial charge in [0.25, 0.3) is 5.91 Å². The van der Waals surface area contributed by atoms with Crippen LogP contribution in [0.5, 0.6) is 0 Å². The van der Waals surface area contributed by atoms with Gasteiger partial charge in [-0.15, -0.1) is 0 Å². The van der Waals surface area contributed by atoms with Crippen LogP contribution in [0.2, 0.25) is 0 Å². The van der Waals surface area contributed by atoms with Crippen LogP contribution in [0.3, 0.4) is 0 Å². The molecule has 3 aliphatic rings. The van der Waals surface area contributed by atoms with Gasteiger partial charge in [-0.3, -0.25) is 4.79 Å². The van der Waals surface area contributed by atoms with Gasteiger partial charge in [-0.25, -0.2) is 4.39 Å². The summed E-state index contributed by atoms with van der Waals surface area (Å²) in [7, 11) is 0. The predicted molar refractivity (Wildman–Crippen MR) is 127 cm³/mol.